The second-order valence-electron chi connectivity index (χ2n) is 4.10. The molecule has 0 aliphatic rings. The molecular formula is C13H15NO6. The van der Waals surface area contributed by atoms with E-state index >= 15 is 0 Å². The van der Waals surface area contributed by atoms with Gasteiger partial charge in [-0.1, -0.05) is 30.3 Å². The number of carboxylic acids is 2. The van der Waals surface area contributed by atoms with E-state index < -0.39 is 30.5 Å². The summed E-state index contributed by atoms with van der Waals surface area (Å²) in [5, 5.41) is 17.5. The zero-order valence-electron chi connectivity index (χ0n) is 10.9. The SMILES string of the molecule is CN(C(=O)OCc1ccccc1)[C@@H](CC(=O)O)C(=O)O. The normalized spacial score (nSPS) is 11.4. The summed E-state index contributed by atoms with van der Waals surface area (Å²) in [5.74, 6) is -2.70. The lowest BCUT2D eigenvalue weighted by atomic mass is 10.2. The molecule has 0 bridgehead atoms. The van der Waals surface area contributed by atoms with Crippen LogP contribution in [-0.4, -0.2) is 46.2 Å². The van der Waals surface area contributed by atoms with Gasteiger partial charge < -0.3 is 14.9 Å². The minimum atomic E-state index is -1.46. The van der Waals surface area contributed by atoms with Crippen LogP contribution >= 0.6 is 0 Å². The first-order valence-corrected chi connectivity index (χ1v) is 5.80. The molecule has 1 atom stereocenters. The van der Waals surface area contributed by atoms with Crippen LogP contribution in [0.2, 0.25) is 0 Å². The number of rotatable bonds is 6. The lowest BCUT2D eigenvalue weighted by Crippen LogP contribution is -2.43. The Bertz CT molecular complexity index is 487. The van der Waals surface area contributed by atoms with E-state index in [-0.39, 0.29) is 6.61 Å². The van der Waals surface area contributed by atoms with Crippen molar-refractivity contribution < 1.29 is 29.3 Å². The second kappa shape index (κ2) is 7.13. The average Bonchev–Trinajstić information content (AvgIpc) is 2.42. The van der Waals surface area contributed by atoms with E-state index in [1.54, 1.807) is 24.3 Å². The van der Waals surface area contributed by atoms with E-state index in [9.17, 15) is 14.4 Å². The number of hydrogen-bond acceptors (Lipinski definition) is 4. The first-order valence-electron chi connectivity index (χ1n) is 5.80. The fourth-order valence-corrected chi connectivity index (χ4v) is 1.50. The molecule has 0 aliphatic carbocycles. The summed E-state index contributed by atoms with van der Waals surface area (Å²) in [5.41, 5.74) is 0.749. The average molecular weight is 281 g/mol. The summed E-state index contributed by atoms with van der Waals surface area (Å²) in [6.07, 6.45) is -1.57. The van der Waals surface area contributed by atoms with Gasteiger partial charge in [0, 0.05) is 7.05 Å². The van der Waals surface area contributed by atoms with Gasteiger partial charge in [-0.05, 0) is 5.56 Å². The van der Waals surface area contributed by atoms with E-state index in [4.69, 9.17) is 14.9 Å². The van der Waals surface area contributed by atoms with Crippen molar-refractivity contribution in [2.45, 2.75) is 19.1 Å². The Labute approximate surface area is 115 Å². The number of benzene rings is 1. The Kier molecular flexibility index (Phi) is 5.52. The number of likely N-dealkylation sites (N-methyl/N-ethyl adjacent to an activating group) is 1. The van der Waals surface area contributed by atoms with Crippen molar-refractivity contribution in [3.63, 3.8) is 0 Å². The van der Waals surface area contributed by atoms with Crippen LogP contribution < -0.4 is 0 Å². The Morgan fingerprint density at radius 1 is 1.20 bits per heavy atom. The molecule has 1 amide bonds. The molecule has 0 aromatic heterocycles. The topological polar surface area (TPSA) is 104 Å². The summed E-state index contributed by atoms with van der Waals surface area (Å²) >= 11 is 0. The lowest BCUT2D eigenvalue weighted by Gasteiger charge is -2.22. The van der Waals surface area contributed by atoms with Gasteiger partial charge in [-0.2, -0.15) is 0 Å². The van der Waals surface area contributed by atoms with Gasteiger partial charge in [0.25, 0.3) is 0 Å². The van der Waals surface area contributed by atoms with Crippen LogP contribution in [0.4, 0.5) is 4.79 Å². The standard InChI is InChI=1S/C13H15NO6/c1-14(10(12(17)18)7-11(15)16)13(19)20-8-9-5-3-2-4-6-9/h2-6,10H,7-8H2,1H3,(H,15,16)(H,17,18)/t10-/m0/s1. The van der Waals surface area contributed by atoms with Gasteiger partial charge in [-0.25, -0.2) is 9.59 Å². The fourth-order valence-electron chi connectivity index (χ4n) is 1.50. The quantitative estimate of drug-likeness (QED) is 0.811. The molecule has 1 aromatic carbocycles. The predicted molar refractivity (Wildman–Crippen MR) is 68.1 cm³/mol. The number of hydrogen-bond donors (Lipinski definition) is 2. The maximum Gasteiger partial charge on any atom is 0.410 e. The number of carboxylic acid groups (broad SMARTS) is 2. The number of carbonyl (C=O) groups excluding carboxylic acids is 1. The van der Waals surface area contributed by atoms with Gasteiger partial charge >= 0.3 is 18.0 Å². The van der Waals surface area contributed by atoms with Crippen molar-refractivity contribution in [2.75, 3.05) is 7.05 Å². The van der Waals surface area contributed by atoms with Crippen molar-refractivity contribution in [2.24, 2.45) is 0 Å². The van der Waals surface area contributed by atoms with Gasteiger partial charge in [0.2, 0.25) is 0 Å². The number of amides is 1. The molecule has 0 aliphatic heterocycles. The minimum absolute atomic E-state index is 0.0105. The molecule has 7 heteroatoms. The summed E-state index contributed by atoms with van der Waals surface area (Å²) < 4.78 is 4.93. The second-order valence-corrected chi connectivity index (χ2v) is 4.10. The van der Waals surface area contributed by atoms with E-state index in [2.05, 4.69) is 0 Å². The van der Waals surface area contributed by atoms with E-state index in [0.717, 1.165) is 10.5 Å². The molecule has 7 nitrogen and oxygen atoms in total. The van der Waals surface area contributed by atoms with Crippen molar-refractivity contribution in [1.82, 2.24) is 4.90 Å². The van der Waals surface area contributed by atoms with Gasteiger partial charge in [0.05, 0.1) is 6.42 Å². The van der Waals surface area contributed by atoms with E-state index in [0.29, 0.717) is 0 Å². The van der Waals surface area contributed by atoms with Gasteiger partial charge in [0.1, 0.15) is 12.6 Å². The highest BCUT2D eigenvalue weighted by molar-refractivity contribution is 5.84. The molecule has 20 heavy (non-hydrogen) atoms. The predicted octanol–water partition coefficient (Wildman–Crippen LogP) is 1.18. The molecule has 0 spiro atoms. The first-order chi connectivity index (χ1) is 9.41. The van der Waals surface area contributed by atoms with Gasteiger partial charge in [-0.3, -0.25) is 9.69 Å². The largest absolute Gasteiger partial charge is 0.481 e. The highest BCUT2D eigenvalue weighted by Gasteiger charge is 2.29. The molecule has 0 heterocycles. The molecule has 0 saturated heterocycles. The summed E-state index contributed by atoms with van der Waals surface area (Å²) in [6.45, 7) is -0.0105. The molecular weight excluding hydrogens is 266 g/mol. The first kappa shape index (κ1) is 15.5. The molecule has 0 saturated carbocycles. The fraction of sp³-hybridized carbons (Fsp3) is 0.308. The Morgan fingerprint density at radius 2 is 1.80 bits per heavy atom. The van der Waals surface area contributed by atoms with Crippen molar-refractivity contribution in [1.29, 1.82) is 0 Å². The zero-order valence-corrected chi connectivity index (χ0v) is 10.9. The van der Waals surface area contributed by atoms with Crippen LogP contribution in [0, 0.1) is 0 Å². The maximum absolute atomic E-state index is 11.7. The van der Waals surface area contributed by atoms with Crippen LogP contribution in [0.15, 0.2) is 30.3 Å². The molecule has 2 N–H and O–H groups in total. The Balaban J connectivity index is 2.60. The Hall–Kier alpha value is -2.57. The van der Waals surface area contributed by atoms with E-state index in [1.165, 1.54) is 7.05 Å². The van der Waals surface area contributed by atoms with Crippen LogP contribution in [0.3, 0.4) is 0 Å². The highest BCUT2D eigenvalue weighted by atomic mass is 16.6. The van der Waals surface area contributed by atoms with E-state index in [1.807, 2.05) is 6.07 Å². The van der Waals surface area contributed by atoms with Crippen molar-refractivity contribution in [3.05, 3.63) is 35.9 Å². The molecule has 108 valence electrons. The zero-order chi connectivity index (χ0) is 15.1. The Morgan fingerprint density at radius 3 is 2.30 bits per heavy atom. The summed E-state index contributed by atoms with van der Waals surface area (Å²) in [6, 6.07) is 7.40. The van der Waals surface area contributed by atoms with Gasteiger partial charge in [0.15, 0.2) is 0 Å². The minimum Gasteiger partial charge on any atom is -0.481 e. The third-order valence-electron chi connectivity index (χ3n) is 2.61. The van der Waals surface area contributed by atoms with Crippen LogP contribution in [0.5, 0.6) is 0 Å². The molecule has 1 rings (SSSR count). The molecule has 0 unspecified atom stereocenters. The van der Waals surface area contributed by atoms with Gasteiger partial charge in [-0.15, -0.1) is 0 Å². The maximum atomic E-state index is 11.7. The number of ether oxygens (including phenoxy) is 1. The monoisotopic (exact) mass is 281 g/mol. The molecule has 0 radical (unpaired) electrons. The third-order valence-corrected chi connectivity index (χ3v) is 2.61. The van der Waals surface area contributed by atoms with Crippen molar-refractivity contribution >= 4 is 18.0 Å². The van der Waals surface area contributed by atoms with Crippen molar-refractivity contribution in [3.8, 4) is 0 Å². The third kappa shape index (κ3) is 4.60. The smallest absolute Gasteiger partial charge is 0.410 e. The number of aliphatic carboxylic acids is 2. The lowest BCUT2D eigenvalue weighted by molar-refractivity contribution is -0.148. The number of carbonyl (C=O) groups is 3. The van der Waals surface area contributed by atoms with Crippen LogP contribution in [0.25, 0.3) is 0 Å². The number of nitrogens with zero attached hydrogens (tertiary/aromatic N) is 1. The summed E-state index contributed by atoms with van der Waals surface area (Å²) in [4.78, 5) is 34.0. The summed E-state index contributed by atoms with van der Waals surface area (Å²) in [7, 11) is 1.19. The highest BCUT2D eigenvalue weighted by Crippen LogP contribution is 2.07. The van der Waals surface area contributed by atoms with Crippen LogP contribution in [0.1, 0.15) is 12.0 Å². The van der Waals surface area contributed by atoms with Crippen LogP contribution in [-0.2, 0) is 20.9 Å². The molecule has 0 fully saturated rings. The molecule has 1 aromatic rings.